The summed E-state index contributed by atoms with van der Waals surface area (Å²) in [6, 6.07) is 12.9. The highest BCUT2D eigenvalue weighted by molar-refractivity contribution is 6.19. The van der Waals surface area contributed by atoms with Crippen molar-refractivity contribution in [1.82, 2.24) is 0 Å². The van der Waals surface area contributed by atoms with Crippen LogP contribution in [0, 0.1) is 10.1 Å². The SMILES string of the molecule is CC(=O)OC1N=C(c2ccccc2)c2cc([N+](=O)[O-])ccc2NC1=O. The van der Waals surface area contributed by atoms with Crippen LogP contribution in [-0.4, -0.2) is 28.7 Å². The van der Waals surface area contributed by atoms with Gasteiger partial charge in [0.2, 0.25) is 0 Å². The van der Waals surface area contributed by atoms with Gasteiger partial charge in [-0.3, -0.25) is 19.7 Å². The summed E-state index contributed by atoms with van der Waals surface area (Å²) in [6.07, 6.45) is -1.38. The minimum absolute atomic E-state index is 0.137. The maximum atomic E-state index is 12.3. The van der Waals surface area contributed by atoms with Crippen LogP contribution in [0.2, 0.25) is 0 Å². The van der Waals surface area contributed by atoms with Gasteiger partial charge >= 0.3 is 5.97 Å². The van der Waals surface area contributed by atoms with Crippen LogP contribution in [0.5, 0.6) is 0 Å². The number of nitrogens with zero attached hydrogens (tertiary/aromatic N) is 2. The van der Waals surface area contributed by atoms with E-state index in [-0.39, 0.29) is 5.69 Å². The Bertz CT molecular complexity index is 892. The summed E-state index contributed by atoms with van der Waals surface area (Å²) in [6.45, 7) is 1.17. The van der Waals surface area contributed by atoms with E-state index in [1.165, 1.54) is 25.1 Å². The van der Waals surface area contributed by atoms with Crippen molar-refractivity contribution in [2.75, 3.05) is 5.32 Å². The average molecular weight is 339 g/mol. The van der Waals surface area contributed by atoms with Crippen molar-refractivity contribution in [2.45, 2.75) is 13.2 Å². The molecule has 8 heteroatoms. The minimum Gasteiger partial charge on any atom is -0.430 e. The van der Waals surface area contributed by atoms with Crippen LogP contribution in [0.1, 0.15) is 18.1 Å². The van der Waals surface area contributed by atoms with Gasteiger partial charge in [0.1, 0.15) is 0 Å². The molecule has 25 heavy (non-hydrogen) atoms. The van der Waals surface area contributed by atoms with Crippen LogP contribution in [0.3, 0.4) is 0 Å². The third-order valence-corrected chi connectivity index (χ3v) is 3.52. The molecule has 0 saturated carbocycles. The molecule has 0 fully saturated rings. The highest BCUT2D eigenvalue weighted by Gasteiger charge is 2.29. The normalized spacial score (nSPS) is 16.1. The van der Waals surface area contributed by atoms with Gasteiger partial charge < -0.3 is 10.1 Å². The Morgan fingerprint density at radius 1 is 1.24 bits per heavy atom. The lowest BCUT2D eigenvalue weighted by Gasteiger charge is -2.10. The summed E-state index contributed by atoms with van der Waals surface area (Å²) in [5, 5.41) is 13.7. The number of ether oxygens (including phenoxy) is 1. The Labute approximate surface area is 142 Å². The van der Waals surface area contributed by atoms with Crippen LogP contribution < -0.4 is 5.32 Å². The van der Waals surface area contributed by atoms with Gasteiger partial charge in [-0.1, -0.05) is 30.3 Å². The standard InChI is InChI=1S/C17H13N3O5/c1-10(21)25-17-16(22)18-14-8-7-12(20(23)24)9-13(14)15(19-17)11-5-3-2-4-6-11/h2-9,17H,1H3,(H,18,22). The van der Waals surface area contributed by atoms with Gasteiger partial charge in [0.15, 0.2) is 0 Å². The molecule has 0 bridgehead atoms. The van der Waals surface area contributed by atoms with Gasteiger partial charge in [-0.2, -0.15) is 0 Å². The zero-order chi connectivity index (χ0) is 18.0. The second-order valence-electron chi connectivity index (χ2n) is 5.28. The number of nitro benzene ring substituents is 1. The zero-order valence-electron chi connectivity index (χ0n) is 13.1. The third kappa shape index (κ3) is 3.37. The fraction of sp³-hybridized carbons (Fsp3) is 0.118. The smallest absolute Gasteiger partial charge is 0.305 e. The Morgan fingerprint density at radius 3 is 2.60 bits per heavy atom. The average Bonchev–Trinajstić information content (AvgIpc) is 2.71. The molecule has 1 unspecified atom stereocenters. The number of fused-ring (bicyclic) bond motifs is 1. The number of benzodiazepines with no additional fused rings is 1. The van der Waals surface area contributed by atoms with Crippen molar-refractivity contribution < 1.29 is 19.2 Å². The number of carbonyl (C=O) groups is 2. The maximum Gasteiger partial charge on any atom is 0.305 e. The number of nitro groups is 1. The number of carbonyl (C=O) groups excluding carboxylic acids is 2. The molecular weight excluding hydrogens is 326 g/mol. The lowest BCUT2D eigenvalue weighted by atomic mass is 10.00. The molecule has 3 rings (SSSR count). The topological polar surface area (TPSA) is 111 Å². The predicted octanol–water partition coefficient (Wildman–Crippen LogP) is 2.27. The molecule has 0 aliphatic carbocycles. The molecule has 2 aromatic rings. The number of aliphatic imine (C=N–C) groups is 1. The van der Waals surface area contributed by atoms with E-state index in [2.05, 4.69) is 10.3 Å². The largest absolute Gasteiger partial charge is 0.430 e. The third-order valence-electron chi connectivity index (χ3n) is 3.52. The van der Waals surface area contributed by atoms with Crippen molar-refractivity contribution >= 4 is 29.0 Å². The molecule has 2 aromatic carbocycles. The summed E-state index contributed by atoms with van der Waals surface area (Å²) >= 11 is 0. The van der Waals surface area contributed by atoms with E-state index in [4.69, 9.17) is 4.74 Å². The first-order chi connectivity index (χ1) is 12.0. The van der Waals surface area contributed by atoms with Gasteiger partial charge in [-0.15, -0.1) is 0 Å². The number of anilines is 1. The lowest BCUT2D eigenvalue weighted by Crippen LogP contribution is -2.29. The molecule has 0 saturated heterocycles. The minimum atomic E-state index is -1.38. The lowest BCUT2D eigenvalue weighted by molar-refractivity contribution is -0.384. The second-order valence-corrected chi connectivity index (χ2v) is 5.28. The maximum absolute atomic E-state index is 12.3. The fourth-order valence-corrected chi connectivity index (χ4v) is 2.45. The van der Waals surface area contributed by atoms with E-state index in [1.807, 2.05) is 6.07 Å². The summed E-state index contributed by atoms with van der Waals surface area (Å²) < 4.78 is 4.97. The van der Waals surface area contributed by atoms with E-state index in [0.717, 1.165) is 0 Å². The molecule has 1 heterocycles. The Hall–Kier alpha value is -3.55. The number of esters is 1. The number of nitrogens with one attached hydrogen (secondary N) is 1. The molecule has 1 amide bonds. The van der Waals surface area contributed by atoms with Gasteiger partial charge in [0, 0.05) is 30.2 Å². The van der Waals surface area contributed by atoms with E-state index in [9.17, 15) is 19.7 Å². The highest BCUT2D eigenvalue weighted by atomic mass is 16.6. The number of hydrogen-bond donors (Lipinski definition) is 1. The van der Waals surface area contributed by atoms with Crippen LogP contribution >= 0.6 is 0 Å². The van der Waals surface area contributed by atoms with Crippen molar-refractivity contribution in [3.63, 3.8) is 0 Å². The Balaban J connectivity index is 2.21. The van der Waals surface area contributed by atoms with Gasteiger partial charge in [-0.05, 0) is 6.07 Å². The number of rotatable bonds is 3. The van der Waals surface area contributed by atoms with Crippen molar-refractivity contribution in [3.05, 3.63) is 69.8 Å². The Kier molecular flexibility index (Phi) is 4.25. The summed E-state index contributed by atoms with van der Waals surface area (Å²) in [5.41, 5.74) is 1.56. The fourth-order valence-electron chi connectivity index (χ4n) is 2.45. The molecule has 0 radical (unpaired) electrons. The van der Waals surface area contributed by atoms with Crippen LogP contribution in [0.25, 0.3) is 0 Å². The first-order valence-electron chi connectivity index (χ1n) is 7.36. The van der Waals surface area contributed by atoms with E-state index in [1.54, 1.807) is 24.3 Å². The van der Waals surface area contributed by atoms with Gasteiger partial charge in [0.25, 0.3) is 17.8 Å². The quantitative estimate of drug-likeness (QED) is 0.524. The Morgan fingerprint density at radius 2 is 1.96 bits per heavy atom. The molecular formula is C17H13N3O5. The molecule has 1 atom stereocenters. The number of non-ortho nitro benzene ring substituents is 1. The van der Waals surface area contributed by atoms with Crippen LogP contribution in [-0.2, 0) is 14.3 Å². The van der Waals surface area contributed by atoms with Gasteiger partial charge in [-0.25, -0.2) is 4.99 Å². The first-order valence-corrected chi connectivity index (χ1v) is 7.36. The summed E-state index contributed by atoms with van der Waals surface area (Å²) in [4.78, 5) is 38.4. The second kappa shape index (κ2) is 6.52. The highest BCUT2D eigenvalue weighted by Crippen LogP contribution is 2.28. The summed E-state index contributed by atoms with van der Waals surface area (Å²) in [5.74, 6) is -1.29. The van der Waals surface area contributed by atoms with Crippen molar-refractivity contribution in [3.8, 4) is 0 Å². The first kappa shape index (κ1) is 16.3. The van der Waals surface area contributed by atoms with Crippen LogP contribution in [0.4, 0.5) is 11.4 Å². The monoisotopic (exact) mass is 339 g/mol. The van der Waals surface area contributed by atoms with Crippen LogP contribution in [0.15, 0.2) is 53.5 Å². The number of benzene rings is 2. The molecule has 0 spiro atoms. The molecule has 0 aromatic heterocycles. The molecule has 1 N–H and O–H groups in total. The van der Waals surface area contributed by atoms with E-state index < -0.39 is 23.0 Å². The molecule has 1 aliphatic rings. The number of amides is 1. The van der Waals surface area contributed by atoms with E-state index in [0.29, 0.717) is 22.5 Å². The van der Waals surface area contributed by atoms with Crippen molar-refractivity contribution in [2.24, 2.45) is 4.99 Å². The molecule has 1 aliphatic heterocycles. The number of hydrogen-bond acceptors (Lipinski definition) is 6. The van der Waals surface area contributed by atoms with E-state index >= 15 is 0 Å². The molecule has 8 nitrogen and oxygen atoms in total. The molecule has 126 valence electrons. The summed E-state index contributed by atoms with van der Waals surface area (Å²) in [7, 11) is 0. The predicted molar refractivity (Wildman–Crippen MR) is 89.4 cm³/mol. The van der Waals surface area contributed by atoms with Crippen molar-refractivity contribution in [1.29, 1.82) is 0 Å². The van der Waals surface area contributed by atoms with Gasteiger partial charge in [0.05, 0.1) is 16.3 Å². The zero-order valence-corrected chi connectivity index (χ0v) is 13.1.